The van der Waals surface area contributed by atoms with Crippen LogP contribution in [0.5, 0.6) is 0 Å². The van der Waals surface area contributed by atoms with E-state index in [9.17, 15) is 0 Å². The summed E-state index contributed by atoms with van der Waals surface area (Å²) in [5.41, 5.74) is 3.01. The molecule has 0 amide bonds. The van der Waals surface area contributed by atoms with Crippen molar-refractivity contribution < 1.29 is 0 Å². The zero-order valence-electron chi connectivity index (χ0n) is 10.8. The van der Waals surface area contributed by atoms with Gasteiger partial charge >= 0.3 is 0 Å². The van der Waals surface area contributed by atoms with Crippen molar-refractivity contribution in [3.63, 3.8) is 0 Å². The Balaban J connectivity index is 2.00. The van der Waals surface area contributed by atoms with E-state index in [1.807, 2.05) is 42.5 Å². The lowest BCUT2D eigenvalue weighted by atomic mass is 10.2. The number of benzene rings is 2. The lowest BCUT2D eigenvalue weighted by Gasteiger charge is -2.08. The highest BCUT2D eigenvalue weighted by molar-refractivity contribution is 6.37. The molecule has 4 heteroatoms. The maximum atomic E-state index is 6.29. The first-order valence-electron chi connectivity index (χ1n) is 6.21. The first-order chi connectivity index (χ1) is 9.61. The highest BCUT2D eigenvalue weighted by Crippen LogP contribution is 2.28. The quantitative estimate of drug-likeness (QED) is 0.667. The number of aryl methyl sites for hydroxylation is 1. The maximum Gasteiger partial charge on any atom is 0.132 e. The van der Waals surface area contributed by atoms with E-state index in [0.29, 0.717) is 15.9 Å². The average molecular weight is 303 g/mol. The summed E-state index contributed by atoms with van der Waals surface area (Å²) in [5.74, 6) is 0.716. The molecule has 0 saturated heterocycles. The zero-order chi connectivity index (χ0) is 14.1. The fourth-order valence-corrected chi connectivity index (χ4v) is 2.43. The van der Waals surface area contributed by atoms with E-state index < -0.39 is 0 Å². The van der Waals surface area contributed by atoms with Crippen LogP contribution in [0.4, 0.5) is 11.5 Å². The predicted octanol–water partition coefficient (Wildman–Crippen LogP) is 5.59. The number of nitrogens with zero attached hydrogens (tertiary/aromatic N) is 1. The molecule has 0 atom stereocenters. The van der Waals surface area contributed by atoms with Gasteiger partial charge in [0.05, 0.1) is 10.5 Å². The van der Waals surface area contributed by atoms with Crippen molar-refractivity contribution >= 4 is 45.6 Å². The van der Waals surface area contributed by atoms with E-state index in [1.165, 1.54) is 5.56 Å². The van der Waals surface area contributed by atoms with Gasteiger partial charge in [-0.05, 0) is 37.3 Å². The molecule has 0 radical (unpaired) electrons. The van der Waals surface area contributed by atoms with E-state index in [0.717, 1.165) is 16.6 Å². The summed E-state index contributed by atoms with van der Waals surface area (Å²) in [7, 11) is 0. The third-order valence-electron chi connectivity index (χ3n) is 3.04. The molecule has 0 bridgehead atoms. The Morgan fingerprint density at radius 2 is 1.70 bits per heavy atom. The van der Waals surface area contributed by atoms with Gasteiger partial charge in [-0.25, -0.2) is 4.98 Å². The second-order valence-corrected chi connectivity index (χ2v) is 5.49. The van der Waals surface area contributed by atoms with Gasteiger partial charge < -0.3 is 5.32 Å². The van der Waals surface area contributed by atoms with E-state index >= 15 is 0 Å². The zero-order valence-corrected chi connectivity index (χ0v) is 12.3. The molecule has 100 valence electrons. The minimum Gasteiger partial charge on any atom is -0.340 e. The summed E-state index contributed by atoms with van der Waals surface area (Å²) in [6, 6.07) is 15.4. The van der Waals surface area contributed by atoms with Gasteiger partial charge in [0, 0.05) is 22.2 Å². The number of halogens is 2. The molecule has 20 heavy (non-hydrogen) atoms. The standard InChI is InChI=1S/C16H12Cl2N2/c1-10-2-5-12(6-3-10)19-16-9-14(18)13-8-11(17)4-7-15(13)20-16/h2-9H,1H3,(H,19,20). The number of pyridine rings is 1. The Kier molecular flexibility index (Phi) is 3.51. The topological polar surface area (TPSA) is 24.9 Å². The van der Waals surface area contributed by atoms with Crippen LogP contribution in [0.3, 0.4) is 0 Å². The smallest absolute Gasteiger partial charge is 0.132 e. The van der Waals surface area contributed by atoms with Crippen LogP contribution >= 0.6 is 23.2 Å². The highest BCUT2D eigenvalue weighted by atomic mass is 35.5. The minimum atomic E-state index is 0.632. The van der Waals surface area contributed by atoms with E-state index in [1.54, 1.807) is 6.07 Å². The van der Waals surface area contributed by atoms with Gasteiger partial charge in [-0.2, -0.15) is 0 Å². The number of anilines is 2. The van der Waals surface area contributed by atoms with E-state index in [2.05, 4.69) is 17.2 Å². The Hall–Kier alpha value is -1.77. The molecule has 0 aliphatic heterocycles. The van der Waals surface area contributed by atoms with Crippen molar-refractivity contribution in [2.24, 2.45) is 0 Å². The number of hydrogen-bond acceptors (Lipinski definition) is 2. The molecule has 0 aliphatic carbocycles. The van der Waals surface area contributed by atoms with Crippen molar-refractivity contribution in [3.05, 3.63) is 64.1 Å². The predicted molar refractivity (Wildman–Crippen MR) is 86.2 cm³/mol. The second-order valence-electron chi connectivity index (χ2n) is 4.64. The van der Waals surface area contributed by atoms with Crippen LogP contribution in [0.1, 0.15) is 5.56 Å². The minimum absolute atomic E-state index is 0.632. The number of nitrogens with one attached hydrogen (secondary N) is 1. The average Bonchev–Trinajstić information content (AvgIpc) is 2.42. The van der Waals surface area contributed by atoms with Crippen LogP contribution in [-0.2, 0) is 0 Å². The third kappa shape index (κ3) is 2.72. The maximum absolute atomic E-state index is 6.29. The van der Waals surface area contributed by atoms with E-state index in [4.69, 9.17) is 23.2 Å². The molecule has 3 aromatic rings. The highest BCUT2D eigenvalue weighted by Gasteiger charge is 2.05. The van der Waals surface area contributed by atoms with Crippen LogP contribution in [-0.4, -0.2) is 4.98 Å². The van der Waals surface area contributed by atoms with Gasteiger partial charge in [0.15, 0.2) is 0 Å². The Morgan fingerprint density at radius 1 is 0.950 bits per heavy atom. The van der Waals surface area contributed by atoms with Crippen molar-refractivity contribution in [2.45, 2.75) is 6.92 Å². The normalized spacial score (nSPS) is 10.8. The molecular weight excluding hydrogens is 291 g/mol. The largest absolute Gasteiger partial charge is 0.340 e. The number of rotatable bonds is 2. The molecule has 0 spiro atoms. The lowest BCUT2D eigenvalue weighted by molar-refractivity contribution is 1.36. The molecule has 1 heterocycles. The monoisotopic (exact) mass is 302 g/mol. The molecular formula is C16H12Cl2N2. The number of fused-ring (bicyclic) bond motifs is 1. The van der Waals surface area contributed by atoms with Gasteiger partial charge in [0.25, 0.3) is 0 Å². The molecule has 2 aromatic carbocycles. The van der Waals surface area contributed by atoms with Gasteiger partial charge in [-0.15, -0.1) is 0 Å². The van der Waals surface area contributed by atoms with Crippen LogP contribution in [0.2, 0.25) is 10.0 Å². The van der Waals surface area contributed by atoms with Crippen LogP contribution in [0.25, 0.3) is 10.9 Å². The fourth-order valence-electron chi connectivity index (χ4n) is 2.01. The number of aromatic nitrogens is 1. The second kappa shape index (κ2) is 5.31. The molecule has 1 N–H and O–H groups in total. The molecule has 1 aromatic heterocycles. The number of hydrogen-bond donors (Lipinski definition) is 1. The molecule has 0 aliphatic rings. The molecule has 2 nitrogen and oxygen atoms in total. The van der Waals surface area contributed by atoms with Crippen molar-refractivity contribution in [1.82, 2.24) is 4.98 Å². The lowest BCUT2D eigenvalue weighted by Crippen LogP contribution is -1.94. The Labute approximate surface area is 127 Å². The van der Waals surface area contributed by atoms with Crippen LogP contribution in [0, 0.1) is 6.92 Å². The summed E-state index contributed by atoms with van der Waals surface area (Å²) in [5, 5.41) is 5.39. The Morgan fingerprint density at radius 3 is 2.45 bits per heavy atom. The first kappa shape index (κ1) is 13.2. The van der Waals surface area contributed by atoms with Crippen molar-refractivity contribution in [1.29, 1.82) is 0 Å². The summed E-state index contributed by atoms with van der Waals surface area (Å²) in [4.78, 5) is 4.54. The SMILES string of the molecule is Cc1ccc(Nc2cc(Cl)c3cc(Cl)ccc3n2)cc1. The summed E-state index contributed by atoms with van der Waals surface area (Å²) < 4.78 is 0. The van der Waals surface area contributed by atoms with Crippen molar-refractivity contribution in [3.8, 4) is 0 Å². The first-order valence-corrected chi connectivity index (χ1v) is 6.97. The van der Waals surface area contributed by atoms with Gasteiger partial charge in [-0.1, -0.05) is 40.9 Å². The Bertz CT molecular complexity index is 767. The summed E-state index contributed by atoms with van der Waals surface area (Å²) in [6.07, 6.45) is 0. The summed E-state index contributed by atoms with van der Waals surface area (Å²) >= 11 is 12.3. The van der Waals surface area contributed by atoms with E-state index in [-0.39, 0.29) is 0 Å². The van der Waals surface area contributed by atoms with Gasteiger partial charge in [0.1, 0.15) is 5.82 Å². The molecule has 0 saturated carbocycles. The summed E-state index contributed by atoms with van der Waals surface area (Å²) in [6.45, 7) is 2.05. The van der Waals surface area contributed by atoms with Gasteiger partial charge in [0.2, 0.25) is 0 Å². The van der Waals surface area contributed by atoms with Crippen molar-refractivity contribution in [2.75, 3.05) is 5.32 Å². The molecule has 3 rings (SSSR count). The fraction of sp³-hybridized carbons (Fsp3) is 0.0625. The third-order valence-corrected chi connectivity index (χ3v) is 3.59. The molecule has 0 unspecified atom stereocenters. The molecule has 0 fully saturated rings. The van der Waals surface area contributed by atoms with Crippen LogP contribution in [0.15, 0.2) is 48.5 Å². The van der Waals surface area contributed by atoms with Gasteiger partial charge in [-0.3, -0.25) is 0 Å². The van der Waals surface area contributed by atoms with Crippen LogP contribution < -0.4 is 5.32 Å².